The van der Waals surface area contributed by atoms with Crippen molar-refractivity contribution in [1.82, 2.24) is 4.90 Å². The Hall–Kier alpha value is -1.55. The SMILES string of the molecule is CCOC(=O)N(CCN)[C@H](C)c1ccccc1. The molecule has 1 amide bonds. The molecule has 4 nitrogen and oxygen atoms in total. The lowest BCUT2D eigenvalue weighted by Crippen LogP contribution is -2.37. The van der Waals surface area contributed by atoms with Crippen molar-refractivity contribution in [3.63, 3.8) is 0 Å². The maximum absolute atomic E-state index is 11.8. The van der Waals surface area contributed by atoms with E-state index in [1.807, 2.05) is 37.3 Å². The molecule has 17 heavy (non-hydrogen) atoms. The van der Waals surface area contributed by atoms with E-state index in [2.05, 4.69) is 0 Å². The Morgan fingerprint density at radius 3 is 2.59 bits per heavy atom. The standard InChI is InChI=1S/C13H20N2O2/c1-3-17-13(16)15(10-9-14)11(2)12-7-5-4-6-8-12/h4-8,11H,3,9-10,14H2,1-2H3/t11-/m1/s1. The Labute approximate surface area is 102 Å². The third kappa shape index (κ3) is 3.75. The average Bonchev–Trinajstić information content (AvgIpc) is 2.36. The average molecular weight is 236 g/mol. The fourth-order valence-electron chi connectivity index (χ4n) is 1.70. The summed E-state index contributed by atoms with van der Waals surface area (Å²) < 4.78 is 5.03. The van der Waals surface area contributed by atoms with Gasteiger partial charge in [-0.2, -0.15) is 0 Å². The molecule has 0 heterocycles. The van der Waals surface area contributed by atoms with Crippen LogP contribution in [0.25, 0.3) is 0 Å². The molecular formula is C13H20N2O2. The Kier molecular flexibility index (Phi) is 5.49. The highest BCUT2D eigenvalue weighted by molar-refractivity contribution is 5.68. The fourth-order valence-corrected chi connectivity index (χ4v) is 1.70. The van der Waals surface area contributed by atoms with E-state index < -0.39 is 0 Å². The van der Waals surface area contributed by atoms with Crippen LogP contribution < -0.4 is 5.73 Å². The second kappa shape index (κ2) is 6.91. The number of hydrogen-bond donors (Lipinski definition) is 1. The van der Waals surface area contributed by atoms with Crippen molar-refractivity contribution in [1.29, 1.82) is 0 Å². The van der Waals surface area contributed by atoms with Gasteiger partial charge in [0.2, 0.25) is 0 Å². The summed E-state index contributed by atoms with van der Waals surface area (Å²) in [6.45, 7) is 5.07. The zero-order valence-corrected chi connectivity index (χ0v) is 10.4. The van der Waals surface area contributed by atoms with Crippen molar-refractivity contribution in [2.75, 3.05) is 19.7 Å². The maximum Gasteiger partial charge on any atom is 0.410 e. The number of carbonyl (C=O) groups excluding carboxylic acids is 1. The first-order valence-electron chi connectivity index (χ1n) is 5.89. The third-order valence-corrected chi connectivity index (χ3v) is 2.62. The van der Waals surface area contributed by atoms with Crippen LogP contribution in [0.4, 0.5) is 4.79 Å². The first kappa shape index (κ1) is 13.5. The zero-order chi connectivity index (χ0) is 12.7. The van der Waals surface area contributed by atoms with E-state index in [1.165, 1.54) is 0 Å². The van der Waals surface area contributed by atoms with Crippen molar-refractivity contribution >= 4 is 6.09 Å². The molecule has 0 aromatic heterocycles. The number of ether oxygens (including phenoxy) is 1. The van der Waals surface area contributed by atoms with E-state index in [1.54, 1.807) is 11.8 Å². The molecule has 1 aromatic rings. The van der Waals surface area contributed by atoms with E-state index in [0.717, 1.165) is 5.56 Å². The van der Waals surface area contributed by atoms with Gasteiger partial charge < -0.3 is 15.4 Å². The second-order valence-electron chi connectivity index (χ2n) is 3.77. The molecule has 1 aromatic carbocycles. The molecule has 1 atom stereocenters. The lowest BCUT2D eigenvalue weighted by molar-refractivity contribution is 0.0943. The van der Waals surface area contributed by atoms with Crippen LogP contribution in [0, 0.1) is 0 Å². The predicted molar refractivity (Wildman–Crippen MR) is 67.6 cm³/mol. The summed E-state index contributed by atoms with van der Waals surface area (Å²) in [5.74, 6) is 0. The van der Waals surface area contributed by atoms with Crippen LogP contribution in [0.3, 0.4) is 0 Å². The molecule has 0 spiro atoms. The highest BCUT2D eigenvalue weighted by atomic mass is 16.6. The van der Waals surface area contributed by atoms with Crippen LogP contribution in [-0.2, 0) is 4.74 Å². The summed E-state index contributed by atoms with van der Waals surface area (Å²) in [4.78, 5) is 13.4. The Morgan fingerprint density at radius 1 is 1.41 bits per heavy atom. The minimum absolute atomic E-state index is 0.0289. The van der Waals surface area contributed by atoms with Crippen molar-refractivity contribution in [2.45, 2.75) is 19.9 Å². The van der Waals surface area contributed by atoms with Crippen molar-refractivity contribution < 1.29 is 9.53 Å². The highest BCUT2D eigenvalue weighted by Crippen LogP contribution is 2.20. The van der Waals surface area contributed by atoms with E-state index in [4.69, 9.17) is 10.5 Å². The van der Waals surface area contributed by atoms with Gasteiger partial charge in [-0.1, -0.05) is 30.3 Å². The van der Waals surface area contributed by atoms with E-state index in [0.29, 0.717) is 19.7 Å². The number of carbonyl (C=O) groups is 1. The molecule has 0 bridgehead atoms. The number of amides is 1. The molecule has 0 saturated carbocycles. The third-order valence-electron chi connectivity index (χ3n) is 2.62. The van der Waals surface area contributed by atoms with Crippen LogP contribution in [0.2, 0.25) is 0 Å². The monoisotopic (exact) mass is 236 g/mol. The second-order valence-corrected chi connectivity index (χ2v) is 3.77. The summed E-state index contributed by atoms with van der Waals surface area (Å²) >= 11 is 0. The molecule has 0 unspecified atom stereocenters. The minimum atomic E-state index is -0.311. The van der Waals surface area contributed by atoms with E-state index in [-0.39, 0.29) is 12.1 Å². The van der Waals surface area contributed by atoms with Gasteiger partial charge in [0.05, 0.1) is 12.6 Å². The summed E-state index contributed by atoms with van der Waals surface area (Å²) in [5, 5.41) is 0. The number of nitrogens with two attached hydrogens (primary N) is 1. The number of hydrogen-bond acceptors (Lipinski definition) is 3. The highest BCUT2D eigenvalue weighted by Gasteiger charge is 2.21. The Morgan fingerprint density at radius 2 is 2.06 bits per heavy atom. The van der Waals surface area contributed by atoms with Crippen LogP contribution in [0.15, 0.2) is 30.3 Å². The molecule has 1 rings (SSSR count). The van der Waals surface area contributed by atoms with Crippen molar-refractivity contribution in [2.24, 2.45) is 5.73 Å². The van der Waals surface area contributed by atoms with Crippen LogP contribution in [-0.4, -0.2) is 30.7 Å². The fraction of sp³-hybridized carbons (Fsp3) is 0.462. The van der Waals surface area contributed by atoms with Gasteiger partial charge in [-0.05, 0) is 19.4 Å². The van der Waals surface area contributed by atoms with Gasteiger partial charge in [-0.3, -0.25) is 0 Å². The molecule has 0 saturated heterocycles. The smallest absolute Gasteiger partial charge is 0.410 e. The van der Waals surface area contributed by atoms with Crippen LogP contribution in [0.1, 0.15) is 25.5 Å². The Bertz CT molecular complexity index is 341. The summed E-state index contributed by atoms with van der Waals surface area (Å²) in [6, 6.07) is 9.82. The van der Waals surface area contributed by atoms with Gasteiger partial charge in [0.1, 0.15) is 0 Å². The largest absolute Gasteiger partial charge is 0.450 e. The quantitative estimate of drug-likeness (QED) is 0.852. The van der Waals surface area contributed by atoms with Gasteiger partial charge in [-0.25, -0.2) is 4.79 Å². The zero-order valence-electron chi connectivity index (χ0n) is 10.4. The van der Waals surface area contributed by atoms with Gasteiger partial charge in [0.25, 0.3) is 0 Å². The number of nitrogens with zero attached hydrogens (tertiary/aromatic N) is 1. The molecule has 0 aliphatic carbocycles. The number of rotatable bonds is 5. The van der Waals surface area contributed by atoms with E-state index in [9.17, 15) is 4.79 Å². The molecule has 0 radical (unpaired) electrons. The Balaban J connectivity index is 2.80. The lowest BCUT2D eigenvalue weighted by atomic mass is 10.1. The lowest BCUT2D eigenvalue weighted by Gasteiger charge is -2.28. The van der Waals surface area contributed by atoms with Crippen LogP contribution in [0.5, 0.6) is 0 Å². The van der Waals surface area contributed by atoms with E-state index >= 15 is 0 Å². The molecule has 0 aliphatic heterocycles. The van der Waals surface area contributed by atoms with Gasteiger partial charge >= 0.3 is 6.09 Å². The first-order valence-corrected chi connectivity index (χ1v) is 5.89. The topological polar surface area (TPSA) is 55.6 Å². The summed E-state index contributed by atoms with van der Waals surface area (Å²) in [7, 11) is 0. The molecule has 0 fully saturated rings. The van der Waals surface area contributed by atoms with Crippen LogP contribution >= 0.6 is 0 Å². The molecule has 2 N–H and O–H groups in total. The molecule has 0 aliphatic rings. The van der Waals surface area contributed by atoms with Crippen molar-refractivity contribution in [3.8, 4) is 0 Å². The molecular weight excluding hydrogens is 216 g/mol. The van der Waals surface area contributed by atoms with Crippen molar-refractivity contribution in [3.05, 3.63) is 35.9 Å². The first-order chi connectivity index (χ1) is 8.20. The molecule has 4 heteroatoms. The summed E-state index contributed by atoms with van der Waals surface area (Å²) in [6.07, 6.45) is -0.311. The minimum Gasteiger partial charge on any atom is -0.450 e. The van der Waals surface area contributed by atoms with Gasteiger partial charge in [-0.15, -0.1) is 0 Å². The normalized spacial score (nSPS) is 11.9. The predicted octanol–water partition coefficient (Wildman–Crippen LogP) is 2.16. The maximum atomic E-state index is 11.8. The van der Waals surface area contributed by atoms with Gasteiger partial charge in [0, 0.05) is 13.1 Å². The summed E-state index contributed by atoms with van der Waals surface area (Å²) in [5.41, 5.74) is 6.61. The van der Waals surface area contributed by atoms with Gasteiger partial charge in [0.15, 0.2) is 0 Å². The number of benzene rings is 1. The molecule has 94 valence electrons.